The number of carbonyl (C=O) groups is 1. The smallest absolute Gasteiger partial charge is 0.335 e. The SMILES string of the molecule is CN1[C@H]2CC=C(C(=O)OCCCO)[C@H]1CC2. The molecule has 4 nitrogen and oxygen atoms in total. The summed E-state index contributed by atoms with van der Waals surface area (Å²) in [5.74, 6) is -0.203. The zero-order chi connectivity index (χ0) is 11.5. The van der Waals surface area contributed by atoms with Crippen molar-refractivity contribution in [1.29, 1.82) is 0 Å². The summed E-state index contributed by atoms with van der Waals surface area (Å²) in [4.78, 5) is 14.1. The molecule has 16 heavy (non-hydrogen) atoms. The Morgan fingerprint density at radius 2 is 2.44 bits per heavy atom. The fourth-order valence-electron chi connectivity index (χ4n) is 2.60. The largest absolute Gasteiger partial charge is 0.462 e. The third kappa shape index (κ3) is 2.13. The average Bonchev–Trinajstić information content (AvgIpc) is 2.53. The van der Waals surface area contributed by atoms with Crippen LogP contribution in [0, 0.1) is 0 Å². The number of aliphatic hydroxyl groups is 1. The Morgan fingerprint density at radius 3 is 3.19 bits per heavy atom. The predicted molar refractivity (Wildman–Crippen MR) is 59.9 cm³/mol. The summed E-state index contributed by atoms with van der Waals surface area (Å²) in [6, 6.07) is 0.861. The Morgan fingerprint density at radius 1 is 1.62 bits per heavy atom. The van der Waals surface area contributed by atoms with E-state index in [-0.39, 0.29) is 18.6 Å². The van der Waals surface area contributed by atoms with E-state index in [2.05, 4.69) is 11.9 Å². The van der Waals surface area contributed by atoms with E-state index in [9.17, 15) is 4.79 Å². The van der Waals surface area contributed by atoms with Gasteiger partial charge in [-0.3, -0.25) is 4.90 Å². The highest BCUT2D eigenvalue weighted by atomic mass is 16.5. The quantitative estimate of drug-likeness (QED) is 0.565. The minimum atomic E-state index is -0.203. The van der Waals surface area contributed by atoms with Gasteiger partial charge in [0.05, 0.1) is 12.2 Å². The van der Waals surface area contributed by atoms with Crippen LogP contribution in [0.2, 0.25) is 0 Å². The van der Waals surface area contributed by atoms with Crippen molar-refractivity contribution >= 4 is 5.97 Å². The molecule has 2 bridgehead atoms. The molecule has 0 aromatic carbocycles. The first-order valence-electron chi connectivity index (χ1n) is 5.94. The topological polar surface area (TPSA) is 49.8 Å². The minimum Gasteiger partial charge on any atom is -0.462 e. The third-order valence-electron chi connectivity index (χ3n) is 3.58. The van der Waals surface area contributed by atoms with Gasteiger partial charge < -0.3 is 9.84 Å². The van der Waals surface area contributed by atoms with Gasteiger partial charge in [-0.25, -0.2) is 4.79 Å². The predicted octanol–water partition coefficient (Wildman–Crippen LogP) is 0.705. The summed E-state index contributed by atoms with van der Waals surface area (Å²) < 4.78 is 5.13. The fourth-order valence-corrected chi connectivity index (χ4v) is 2.60. The second-order valence-corrected chi connectivity index (χ2v) is 4.52. The Bertz CT molecular complexity index is 301. The van der Waals surface area contributed by atoms with Crippen LogP contribution >= 0.6 is 0 Å². The van der Waals surface area contributed by atoms with Crippen molar-refractivity contribution in [2.45, 2.75) is 37.8 Å². The minimum absolute atomic E-state index is 0.0672. The summed E-state index contributed by atoms with van der Waals surface area (Å²) in [5, 5.41) is 8.62. The van der Waals surface area contributed by atoms with E-state index in [1.54, 1.807) is 0 Å². The van der Waals surface area contributed by atoms with Crippen molar-refractivity contribution in [3.8, 4) is 0 Å². The van der Waals surface area contributed by atoms with E-state index in [0.29, 0.717) is 19.1 Å². The molecule has 2 rings (SSSR count). The Hall–Kier alpha value is -0.870. The van der Waals surface area contributed by atoms with Gasteiger partial charge in [-0.05, 0) is 26.3 Å². The van der Waals surface area contributed by atoms with Gasteiger partial charge in [-0.1, -0.05) is 6.08 Å². The monoisotopic (exact) mass is 225 g/mol. The van der Waals surface area contributed by atoms with E-state index >= 15 is 0 Å². The van der Waals surface area contributed by atoms with Gasteiger partial charge in [0, 0.05) is 25.1 Å². The van der Waals surface area contributed by atoms with Gasteiger partial charge in [0.2, 0.25) is 0 Å². The van der Waals surface area contributed by atoms with Crippen LogP contribution in [0.25, 0.3) is 0 Å². The normalized spacial score (nSPS) is 29.0. The van der Waals surface area contributed by atoms with Crippen molar-refractivity contribution < 1.29 is 14.6 Å². The Kier molecular flexibility index (Phi) is 3.61. The first kappa shape index (κ1) is 11.6. The van der Waals surface area contributed by atoms with Gasteiger partial charge in [-0.2, -0.15) is 0 Å². The lowest BCUT2D eigenvalue weighted by atomic mass is 10.0. The lowest BCUT2D eigenvalue weighted by molar-refractivity contribution is -0.140. The third-order valence-corrected chi connectivity index (χ3v) is 3.58. The summed E-state index contributed by atoms with van der Waals surface area (Å²) in [6.45, 7) is 0.379. The molecule has 1 fully saturated rings. The molecular formula is C12H19NO3. The maximum Gasteiger partial charge on any atom is 0.335 e. The molecule has 2 aliphatic heterocycles. The highest BCUT2D eigenvalue weighted by molar-refractivity contribution is 5.90. The number of hydrogen-bond donors (Lipinski definition) is 1. The first-order valence-corrected chi connectivity index (χ1v) is 5.94. The standard InChI is InChI=1S/C12H19NO3/c1-13-9-3-5-10(11(13)6-4-9)12(15)16-8-2-7-14/h5,9,11,14H,2-4,6-8H2,1H3/t9-,11+/m0/s1. The highest BCUT2D eigenvalue weighted by Crippen LogP contribution is 2.34. The fraction of sp³-hybridized carbons (Fsp3) is 0.750. The molecule has 1 saturated heterocycles. The number of fused-ring (bicyclic) bond motifs is 2. The molecule has 1 N–H and O–H groups in total. The molecular weight excluding hydrogens is 206 g/mol. The van der Waals surface area contributed by atoms with Gasteiger partial charge in [0.1, 0.15) is 0 Å². The molecule has 0 amide bonds. The molecule has 0 aromatic rings. The molecule has 4 heteroatoms. The second kappa shape index (κ2) is 4.97. The average molecular weight is 225 g/mol. The van der Waals surface area contributed by atoms with Gasteiger partial charge >= 0.3 is 5.97 Å². The van der Waals surface area contributed by atoms with Crippen LogP contribution in [0.15, 0.2) is 11.6 Å². The van der Waals surface area contributed by atoms with Crippen LogP contribution in [0.5, 0.6) is 0 Å². The van der Waals surface area contributed by atoms with Crippen LogP contribution in [0.3, 0.4) is 0 Å². The Balaban J connectivity index is 1.94. The van der Waals surface area contributed by atoms with Crippen molar-refractivity contribution in [3.63, 3.8) is 0 Å². The van der Waals surface area contributed by atoms with Crippen molar-refractivity contribution in [3.05, 3.63) is 11.6 Å². The molecule has 90 valence electrons. The zero-order valence-corrected chi connectivity index (χ0v) is 9.69. The number of likely N-dealkylation sites (N-methyl/N-ethyl adjacent to an activating group) is 1. The van der Waals surface area contributed by atoms with Crippen molar-refractivity contribution in [2.75, 3.05) is 20.3 Å². The summed E-state index contributed by atoms with van der Waals surface area (Å²) in [7, 11) is 2.08. The number of esters is 1. The van der Waals surface area contributed by atoms with E-state index in [1.807, 2.05) is 6.08 Å². The van der Waals surface area contributed by atoms with Crippen LogP contribution in [-0.2, 0) is 9.53 Å². The van der Waals surface area contributed by atoms with Crippen molar-refractivity contribution in [2.24, 2.45) is 0 Å². The molecule has 2 aliphatic rings. The van der Waals surface area contributed by atoms with Crippen LogP contribution in [0.4, 0.5) is 0 Å². The molecule has 0 aliphatic carbocycles. The van der Waals surface area contributed by atoms with E-state index in [4.69, 9.17) is 9.84 Å². The Labute approximate surface area is 95.9 Å². The van der Waals surface area contributed by atoms with E-state index < -0.39 is 0 Å². The molecule has 2 heterocycles. The molecule has 0 spiro atoms. The maximum atomic E-state index is 11.8. The van der Waals surface area contributed by atoms with Crippen LogP contribution < -0.4 is 0 Å². The lowest BCUT2D eigenvalue weighted by Crippen LogP contribution is -2.39. The maximum absolute atomic E-state index is 11.8. The number of ether oxygens (including phenoxy) is 1. The number of aliphatic hydroxyl groups excluding tert-OH is 1. The first-order chi connectivity index (χ1) is 7.74. The van der Waals surface area contributed by atoms with Crippen LogP contribution in [-0.4, -0.2) is 48.3 Å². The van der Waals surface area contributed by atoms with Gasteiger partial charge in [-0.15, -0.1) is 0 Å². The summed E-state index contributed by atoms with van der Waals surface area (Å²) in [6.07, 6.45) is 5.73. The zero-order valence-electron chi connectivity index (χ0n) is 9.69. The second-order valence-electron chi connectivity index (χ2n) is 4.52. The van der Waals surface area contributed by atoms with E-state index in [1.165, 1.54) is 6.42 Å². The highest BCUT2D eigenvalue weighted by Gasteiger charge is 2.38. The number of rotatable bonds is 4. The molecule has 0 unspecified atom stereocenters. The summed E-state index contributed by atoms with van der Waals surface area (Å²) >= 11 is 0. The number of nitrogens with zero attached hydrogens (tertiary/aromatic N) is 1. The lowest BCUT2D eigenvalue weighted by Gasteiger charge is -2.30. The van der Waals surface area contributed by atoms with Crippen molar-refractivity contribution in [1.82, 2.24) is 4.90 Å². The number of hydrogen-bond acceptors (Lipinski definition) is 4. The molecule has 0 aromatic heterocycles. The van der Waals surface area contributed by atoms with Crippen LogP contribution in [0.1, 0.15) is 25.7 Å². The molecule has 0 radical (unpaired) electrons. The number of carbonyl (C=O) groups excluding carboxylic acids is 1. The molecule has 2 atom stereocenters. The van der Waals surface area contributed by atoms with Gasteiger partial charge in [0.25, 0.3) is 0 Å². The molecule has 0 saturated carbocycles. The summed E-state index contributed by atoms with van der Waals surface area (Å²) in [5.41, 5.74) is 0.814. The van der Waals surface area contributed by atoms with E-state index in [0.717, 1.165) is 18.4 Å². The van der Waals surface area contributed by atoms with Gasteiger partial charge in [0.15, 0.2) is 0 Å².